The van der Waals surface area contributed by atoms with E-state index in [0.29, 0.717) is 24.8 Å². The zero-order valence-corrected chi connectivity index (χ0v) is 17.7. The van der Waals surface area contributed by atoms with Gasteiger partial charge in [0.2, 0.25) is 0 Å². The Morgan fingerprint density at radius 2 is 1.94 bits per heavy atom. The number of nitrogens with zero attached hydrogens (tertiary/aromatic N) is 5. The van der Waals surface area contributed by atoms with E-state index in [-0.39, 0.29) is 0 Å². The maximum atomic E-state index is 5.84. The topological polar surface area (TPSA) is 108 Å². The molecule has 0 bridgehead atoms. The molecule has 0 saturated carbocycles. The number of hydrogen-bond donors (Lipinski definition) is 2. The fourth-order valence-corrected chi connectivity index (χ4v) is 3.92. The number of aromatic nitrogens is 5. The number of oxazole rings is 1. The third-order valence-electron chi connectivity index (χ3n) is 5.39. The standard InChI is InChI=1S/C23H23N7O/c1-13-8-22(24)27-14(2)17(13)10-26-23-18-12-30(29-19(18)6-7-25-23)11-16-4-5-21-20(9-16)28-15(3)31-21/h4-9,12H,10-11H2,1-3H3,(H2,24,27)(H,25,26). The average molecular weight is 413 g/mol. The third kappa shape index (κ3) is 3.68. The number of nitrogens with one attached hydrogen (secondary N) is 1. The molecule has 0 aliphatic rings. The molecule has 8 heteroatoms. The minimum Gasteiger partial charge on any atom is -0.441 e. The molecule has 0 fully saturated rings. The second-order valence-electron chi connectivity index (χ2n) is 7.74. The van der Waals surface area contributed by atoms with E-state index >= 15 is 0 Å². The number of pyridine rings is 2. The molecule has 0 aliphatic heterocycles. The summed E-state index contributed by atoms with van der Waals surface area (Å²) < 4.78 is 7.49. The number of fused-ring (bicyclic) bond motifs is 2. The van der Waals surface area contributed by atoms with Gasteiger partial charge in [-0.3, -0.25) is 4.68 Å². The van der Waals surface area contributed by atoms with Crippen molar-refractivity contribution in [2.24, 2.45) is 0 Å². The highest BCUT2D eigenvalue weighted by molar-refractivity contribution is 5.88. The second-order valence-corrected chi connectivity index (χ2v) is 7.74. The van der Waals surface area contributed by atoms with Crippen LogP contribution in [-0.4, -0.2) is 24.7 Å². The first-order valence-electron chi connectivity index (χ1n) is 10.1. The predicted molar refractivity (Wildman–Crippen MR) is 121 cm³/mol. The van der Waals surface area contributed by atoms with Crippen molar-refractivity contribution >= 4 is 33.6 Å². The zero-order chi connectivity index (χ0) is 21.5. The van der Waals surface area contributed by atoms with Crippen LogP contribution < -0.4 is 11.1 Å². The Hall–Kier alpha value is -3.94. The Balaban J connectivity index is 1.40. The van der Waals surface area contributed by atoms with Gasteiger partial charge in [0.25, 0.3) is 0 Å². The molecule has 5 rings (SSSR count). The molecule has 0 saturated heterocycles. The second kappa shape index (κ2) is 7.39. The van der Waals surface area contributed by atoms with Crippen LogP contribution in [0.25, 0.3) is 22.0 Å². The lowest BCUT2D eigenvalue weighted by Crippen LogP contribution is -2.07. The van der Waals surface area contributed by atoms with E-state index < -0.39 is 0 Å². The van der Waals surface area contributed by atoms with Crippen molar-refractivity contribution in [2.75, 3.05) is 11.1 Å². The van der Waals surface area contributed by atoms with Crippen LogP contribution in [0.3, 0.4) is 0 Å². The van der Waals surface area contributed by atoms with Crippen molar-refractivity contribution < 1.29 is 4.42 Å². The first-order chi connectivity index (χ1) is 15.0. The molecule has 4 heterocycles. The van der Waals surface area contributed by atoms with Crippen molar-refractivity contribution in [3.05, 3.63) is 71.0 Å². The van der Waals surface area contributed by atoms with Gasteiger partial charge in [0.05, 0.1) is 17.4 Å². The molecular weight excluding hydrogens is 390 g/mol. The molecule has 5 aromatic rings. The summed E-state index contributed by atoms with van der Waals surface area (Å²) in [7, 11) is 0. The summed E-state index contributed by atoms with van der Waals surface area (Å²) in [4.78, 5) is 13.3. The number of anilines is 2. The molecule has 8 nitrogen and oxygen atoms in total. The summed E-state index contributed by atoms with van der Waals surface area (Å²) in [5.74, 6) is 2.00. The van der Waals surface area contributed by atoms with Crippen molar-refractivity contribution in [3.63, 3.8) is 0 Å². The van der Waals surface area contributed by atoms with Gasteiger partial charge in [0.1, 0.15) is 17.2 Å². The Kier molecular flexibility index (Phi) is 4.54. The van der Waals surface area contributed by atoms with Crippen LogP contribution in [0.15, 0.2) is 47.1 Å². The SMILES string of the molecule is Cc1nc2cc(Cn3cc4c(NCc5c(C)cc(N)nc5C)nccc4n3)ccc2o1. The van der Waals surface area contributed by atoms with Crippen LogP contribution >= 0.6 is 0 Å². The van der Waals surface area contributed by atoms with Crippen LogP contribution in [0.2, 0.25) is 0 Å². The average Bonchev–Trinajstić information content (AvgIpc) is 3.29. The molecule has 31 heavy (non-hydrogen) atoms. The van der Waals surface area contributed by atoms with E-state index in [1.165, 1.54) is 0 Å². The molecule has 0 spiro atoms. The molecule has 0 amide bonds. The number of aryl methyl sites for hydroxylation is 3. The van der Waals surface area contributed by atoms with Gasteiger partial charge in [-0.1, -0.05) is 6.07 Å². The van der Waals surface area contributed by atoms with Crippen LogP contribution in [0.4, 0.5) is 11.6 Å². The summed E-state index contributed by atoms with van der Waals surface area (Å²) in [6.45, 7) is 7.12. The molecule has 1 aromatic carbocycles. The predicted octanol–water partition coefficient (Wildman–Crippen LogP) is 4.14. The van der Waals surface area contributed by atoms with Gasteiger partial charge in [-0.25, -0.2) is 15.0 Å². The van der Waals surface area contributed by atoms with Crippen molar-refractivity contribution in [1.29, 1.82) is 0 Å². The lowest BCUT2D eigenvalue weighted by Gasteiger charge is -2.12. The van der Waals surface area contributed by atoms with E-state index in [2.05, 4.69) is 20.3 Å². The highest BCUT2D eigenvalue weighted by Crippen LogP contribution is 2.23. The maximum Gasteiger partial charge on any atom is 0.192 e. The first-order valence-corrected chi connectivity index (χ1v) is 10.1. The van der Waals surface area contributed by atoms with Gasteiger partial charge in [-0.05, 0) is 54.8 Å². The van der Waals surface area contributed by atoms with E-state index in [9.17, 15) is 0 Å². The van der Waals surface area contributed by atoms with Gasteiger partial charge in [-0.2, -0.15) is 5.10 Å². The molecular formula is C23H23N7O. The Labute approximate surface area is 179 Å². The lowest BCUT2D eigenvalue weighted by molar-refractivity contribution is 0.561. The first kappa shape index (κ1) is 19.0. The van der Waals surface area contributed by atoms with Crippen molar-refractivity contribution in [2.45, 2.75) is 33.9 Å². The molecule has 0 aliphatic carbocycles. The lowest BCUT2D eigenvalue weighted by atomic mass is 10.1. The van der Waals surface area contributed by atoms with Gasteiger partial charge >= 0.3 is 0 Å². The van der Waals surface area contributed by atoms with Crippen molar-refractivity contribution in [1.82, 2.24) is 24.7 Å². The Morgan fingerprint density at radius 3 is 2.77 bits per heavy atom. The van der Waals surface area contributed by atoms with Crippen LogP contribution in [0.1, 0.15) is 28.3 Å². The fraction of sp³-hybridized carbons (Fsp3) is 0.217. The van der Waals surface area contributed by atoms with Gasteiger partial charge in [0, 0.05) is 31.6 Å². The highest BCUT2D eigenvalue weighted by atomic mass is 16.3. The van der Waals surface area contributed by atoms with E-state index in [1.807, 2.05) is 62.0 Å². The van der Waals surface area contributed by atoms with Gasteiger partial charge < -0.3 is 15.5 Å². The van der Waals surface area contributed by atoms with E-state index in [1.54, 1.807) is 6.20 Å². The highest BCUT2D eigenvalue weighted by Gasteiger charge is 2.11. The molecule has 4 aromatic heterocycles. The Bertz CT molecular complexity index is 1390. The zero-order valence-electron chi connectivity index (χ0n) is 17.7. The quantitative estimate of drug-likeness (QED) is 0.446. The number of rotatable bonds is 5. The number of nitrogens with two attached hydrogens (primary N) is 1. The molecule has 156 valence electrons. The summed E-state index contributed by atoms with van der Waals surface area (Å²) in [5, 5.41) is 9.13. The van der Waals surface area contributed by atoms with Gasteiger partial charge in [0.15, 0.2) is 11.5 Å². The molecule has 3 N–H and O–H groups in total. The number of benzene rings is 1. The van der Waals surface area contributed by atoms with Crippen LogP contribution in [-0.2, 0) is 13.1 Å². The molecule has 0 unspecified atom stereocenters. The van der Waals surface area contributed by atoms with Crippen LogP contribution in [0.5, 0.6) is 0 Å². The molecule has 0 radical (unpaired) electrons. The third-order valence-corrected chi connectivity index (χ3v) is 5.39. The fourth-order valence-electron chi connectivity index (χ4n) is 3.92. The van der Waals surface area contributed by atoms with Gasteiger partial charge in [-0.15, -0.1) is 0 Å². The van der Waals surface area contributed by atoms with Crippen molar-refractivity contribution in [3.8, 4) is 0 Å². The maximum absolute atomic E-state index is 5.84. The van der Waals surface area contributed by atoms with Crippen LogP contribution in [0, 0.1) is 20.8 Å². The van der Waals surface area contributed by atoms with E-state index in [0.717, 1.165) is 50.2 Å². The summed E-state index contributed by atoms with van der Waals surface area (Å²) in [5.41, 5.74) is 12.7. The normalized spacial score (nSPS) is 11.5. The summed E-state index contributed by atoms with van der Waals surface area (Å²) >= 11 is 0. The smallest absolute Gasteiger partial charge is 0.192 e. The molecule has 0 atom stereocenters. The largest absolute Gasteiger partial charge is 0.441 e. The van der Waals surface area contributed by atoms with E-state index in [4.69, 9.17) is 15.2 Å². The summed E-state index contributed by atoms with van der Waals surface area (Å²) in [6.07, 6.45) is 3.79. The minimum atomic E-state index is 0.541. The summed E-state index contributed by atoms with van der Waals surface area (Å²) in [6, 6.07) is 9.84. The minimum absolute atomic E-state index is 0.541. The monoisotopic (exact) mass is 413 g/mol. The number of nitrogen functional groups attached to an aromatic ring is 1. The number of hydrogen-bond acceptors (Lipinski definition) is 7. The Morgan fingerprint density at radius 1 is 1.06 bits per heavy atom.